The molecule has 1 heterocycles. The van der Waals surface area contributed by atoms with E-state index < -0.39 is 12.1 Å². The summed E-state index contributed by atoms with van der Waals surface area (Å²) in [6, 6.07) is 1.77. The molecular weight excluding hydrogens is 439 g/mol. The predicted molar refractivity (Wildman–Crippen MR) is 61.1 cm³/mol. The fourth-order valence-electron chi connectivity index (χ4n) is 0.722. The second kappa shape index (κ2) is 4.69. The highest BCUT2D eigenvalue weighted by atomic mass is 127. The Kier molecular flexibility index (Phi) is 3.99. The van der Waals surface area contributed by atoms with E-state index in [0.717, 1.165) is 6.20 Å². The number of hydrogen-bond acceptors (Lipinski definition) is 3. The molecule has 0 amide bonds. The minimum Gasteiger partial charge on any atom is -0.403 e. The molecule has 0 saturated carbocycles. The first kappa shape index (κ1) is 12.8. The van der Waals surface area contributed by atoms with Crippen LogP contribution in [-0.4, -0.2) is 11.3 Å². The summed E-state index contributed by atoms with van der Waals surface area (Å²) in [7, 11) is 0. The lowest BCUT2D eigenvalue weighted by molar-refractivity contribution is -0.275. The zero-order valence-electron chi connectivity index (χ0n) is 6.77. The number of halogens is 5. The SMILES string of the molecule is N#Cc1ncc(OC(F)(F)F)c(I)c1I. The van der Waals surface area contributed by atoms with Crippen LogP contribution in [-0.2, 0) is 0 Å². The molecule has 0 aliphatic heterocycles. The lowest BCUT2D eigenvalue weighted by Crippen LogP contribution is -2.18. The highest BCUT2D eigenvalue weighted by molar-refractivity contribution is 14.1. The van der Waals surface area contributed by atoms with E-state index in [9.17, 15) is 13.2 Å². The van der Waals surface area contributed by atoms with Crippen LogP contribution in [0.25, 0.3) is 0 Å². The topological polar surface area (TPSA) is 45.9 Å². The molecule has 8 heteroatoms. The molecule has 0 saturated heterocycles. The van der Waals surface area contributed by atoms with Gasteiger partial charge in [0.2, 0.25) is 0 Å². The molecule has 0 fully saturated rings. The molecule has 0 atom stereocenters. The molecule has 80 valence electrons. The van der Waals surface area contributed by atoms with Crippen LogP contribution in [0.2, 0.25) is 0 Å². The molecule has 1 rings (SSSR count). The number of alkyl halides is 3. The van der Waals surface area contributed by atoms with Gasteiger partial charge in [0, 0.05) is 0 Å². The molecule has 15 heavy (non-hydrogen) atoms. The van der Waals surface area contributed by atoms with Crippen molar-refractivity contribution < 1.29 is 17.9 Å². The summed E-state index contributed by atoms with van der Waals surface area (Å²) in [6.45, 7) is 0. The minimum absolute atomic E-state index is 0.0783. The van der Waals surface area contributed by atoms with Crippen molar-refractivity contribution in [3.63, 3.8) is 0 Å². The summed E-state index contributed by atoms with van der Waals surface area (Å²) >= 11 is 3.41. The average molecular weight is 440 g/mol. The number of ether oxygens (including phenoxy) is 1. The summed E-state index contributed by atoms with van der Waals surface area (Å²) in [4.78, 5) is 3.54. The summed E-state index contributed by atoms with van der Waals surface area (Å²) in [5.41, 5.74) is 0.0783. The van der Waals surface area contributed by atoms with Crippen LogP contribution in [0.15, 0.2) is 6.20 Å². The third-order valence-corrected chi connectivity index (χ3v) is 4.41. The largest absolute Gasteiger partial charge is 0.573 e. The van der Waals surface area contributed by atoms with Gasteiger partial charge in [-0.15, -0.1) is 13.2 Å². The Labute approximate surface area is 110 Å². The van der Waals surface area contributed by atoms with Gasteiger partial charge in [0.05, 0.1) is 13.3 Å². The van der Waals surface area contributed by atoms with Crippen molar-refractivity contribution in [1.82, 2.24) is 4.98 Å². The number of pyridine rings is 1. The molecular formula is C7HF3I2N2O. The van der Waals surface area contributed by atoms with E-state index in [-0.39, 0.29) is 9.26 Å². The minimum atomic E-state index is -4.75. The molecule has 0 aliphatic rings. The Morgan fingerprint density at radius 1 is 1.33 bits per heavy atom. The second-order valence-corrected chi connectivity index (χ2v) is 4.42. The Balaban J connectivity index is 3.14. The molecule has 0 radical (unpaired) electrons. The van der Waals surface area contributed by atoms with Crippen molar-refractivity contribution in [2.75, 3.05) is 0 Å². The smallest absolute Gasteiger partial charge is 0.403 e. The van der Waals surface area contributed by atoms with Crippen LogP contribution in [0.4, 0.5) is 13.2 Å². The fraction of sp³-hybridized carbons (Fsp3) is 0.143. The van der Waals surface area contributed by atoms with Gasteiger partial charge in [-0.1, -0.05) is 0 Å². The molecule has 0 aliphatic carbocycles. The number of aromatic nitrogens is 1. The van der Waals surface area contributed by atoms with Crippen molar-refractivity contribution in [2.24, 2.45) is 0 Å². The van der Waals surface area contributed by atoms with Crippen molar-refractivity contribution in [3.8, 4) is 11.8 Å². The van der Waals surface area contributed by atoms with E-state index in [2.05, 4.69) is 9.72 Å². The zero-order valence-corrected chi connectivity index (χ0v) is 11.1. The molecule has 0 bridgehead atoms. The molecule has 0 spiro atoms. The number of nitrogens with zero attached hydrogens (tertiary/aromatic N) is 2. The molecule has 1 aromatic heterocycles. The highest BCUT2D eigenvalue weighted by Gasteiger charge is 2.32. The molecule has 1 aromatic rings. The van der Waals surface area contributed by atoms with E-state index in [4.69, 9.17) is 5.26 Å². The summed E-state index contributed by atoms with van der Waals surface area (Å²) < 4.78 is 40.0. The maximum absolute atomic E-state index is 11.9. The third-order valence-electron chi connectivity index (χ3n) is 1.26. The van der Waals surface area contributed by atoms with E-state index >= 15 is 0 Å². The molecule has 0 aromatic carbocycles. The van der Waals surface area contributed by atoms with Gasteiger partial charge in [0.25, 0.3) is 0 Å². The van der Waals surface area contributed by atoms with Gasteiger partial charge < -0.3 is 4.74 Å². The highest BCUT2D eigenvalue weighted by Crippen LogP contribution is 2.30. The van der Waals surface area contributed by atoms with E-state index in [1.54, 1.807) is 51.3 Å². The van der Waals surface area contributed by atoms with Gasteiger partial charge in [-0.05, 0) is 45.2 Å². The third kappa shape index (κ3) is 3.33. The summed E-state index contributed by atoms with van der Waals surface area (Å²) in [5.74, 6) is -0.397. The van der Waals surface area contributed by atoms with Crippen LogP contribution >= 0.6 is 45.2 Å². The Morgan fingerprint density at radius 2 is 1.93 bits per heavy atom. The molecule has 0 N–H and O–H groups in total. The van der Waals surface area contributed by atoms with Gasteiger partial charge in [0.15, 0.2) is 11.4 Å². The maximum atomic E-state index is 11.9. The number of rotatable bonds is 1. The molecule has 0 unspecified atom stereocenters. The van der Waals surface area contributed by atoms with Crippen molar-refractivity contribution in [3.05, 3.63) is 19.0 Å². The maximum Gasteiger partial charge on any atom is 0.573 e. The van der Waals surface area contributed by atoms with E-state index in [0.29, 0.717) is 3.57 Å². The molecule has 3 nitrogen and oxygen atoms in total. The van der Waals surface area contributed by atoms with E-state index in [1.165, 1.54) is 0 Å². The van der Waals surface area contributed by atoms with Crippen molar-refractivity contribution in [2.45, 2.75) is 6.36 Å². The van der Waals surface area contributed by atoms with Gasteiger partial charge in [-0.3, -0.25) is 0 Å². The Bertz CT molecular complexity index is 427. The first-order valence-electron chi connectivity index (χ1n) is 3.35. The lowest BCUT2D eigenvalue weighted by atomic mass is 10.4. The summed E-state index contributed by atoms with van der Waals surface area (Å²) in [5, 5.41) is 8.58. The first-order valence-corrected chi connectivity index (χ1v) is 5.50. The van der Waals surface area contributed by atoms with Crippen LogP contribution in [0.5, 0.6) is 5.75 Å². The lowest BCUT2D eigenvalue weighted by Gasteiger charge is -2.10. The van der Waals surface area contributed by atoms with Crippen LogP contribution < -0.4 is 4.74 Å². The normalized spacial score (nSPS) is 10.9. The standard InChI is InChI=1S/C7HF3I2N2O/c8-7(9,10)15-4-2-14-3(1-13)5(11)6(4)12/h2H. The Morgan fingerprint density at radius 3 is 2.40 bits per heavy atom. The van der Waals surface area contributed by atoms with Gasteiger partial charge in [0.1, 0.15) is 6.07 Å². The van der Waals surface area contributed by atoms with Crippen molar-refractivity contribution >= 4 is 45.2 Å². The van der Waals surface area contributed by atoms with Crippen LogP contribution in [0.3, 0.4) is 0 Å². The zero-order chi connectivity index (χ0) is 11.6. The first-order chi connectivity index (χ1) is 6.85. The van der Waals surface area contributed by atoms with Crippen molar-refractivity contribution in [1.29, 1.82) is 5.26 Å². The van der Waals surface area contributed by atoms with Gasteiger partial charge >= 0.3 is 6.36 Å². The quantitative estimate of drug-likeness (QED) is 0.632. The van der Waals surface area contributed by atoms with Gasteiger partial charge in [-0.25, -0.2) is 4.98 Å². The Hall–Kier alpha value is -0.310. The number of nitriles is 1. The number of hydrogen-bond donors (Lipinski definition) is 0. The second-order valence-electron chi connectivity index (χ2n) is 2.26. The average Bonchev–Trinajstić information content (AvgIpc) is 2.11. The van der Waals surface area contributed by atoms with E-state index in [1.807, 2.05) is 0 Å². The van der Waals surface area contributed by atoms with Crippen LogP contribution in [0, 0.1) is 18.5 Å². The van der Waals surface area contributed by atoms with Gasteiger partial charge in [-0.2, -0.15) is 5.26 Å². The monoisotopic (exact) mass is 440 g/mol. The summed E-state index contributed by atoms with van der Waals surface area (Å²) in [6.07, 6.45) is -3.87. The van der Waals surface area contributed by atoms with Crippen LogP contribution in [0.1, 0.15) is 5.69 Å². The fourth-order valence-corrected chi connectivity index (χ4v) is 1.75. The predicted octanol–water partition coefficient (Wildman–Crippen LogP) is 3.06.